The predicted molar refractivity (Wildman–Crippen MR) is 239 cm³/mol. The van der Waals surface area contributed by atoms with Gasteiger partial charge in [0, 0.05) is 60.5 Å². The molecule has 326 valence electrons. The van der Waals surface area contributed by atoms with Gasteiger partial charge in [0.2, 0.25) is 5.91 Å². The molecule has 7 rings (SSSR count). The van der Waals surface area contributed by atoms with Gasteiger partial charge >= 0.3 is 18.1 Å². The second kappa shape index (κ2) is 18.7. The van der Waals surface area contributed by atoms with Crippen LogP contribution in [0.4, 0.5) is 9.59 Å². The second-order valence-corrected chi connectivity index (χ2v) is 18.0. The van der Waals surface area contributed by atoms with Crippen LogP contribution >= 0.6 is 0 Å². The van der Waals surface area contributed by atoms with Crippen LogP contribution in [-0.2, 0) is 42.9 Å². The smallest absolute Gasteiger partial charge is 0.407 e. The number of fused-ring (bicyclic) bond motifs is 3. The number of urea groups is 1. The Morgan fingerprint density at radius 3 is 2.39 bits per heavy atom. The molecular weight excluding hydrogens is 783 g/mol. The Balaban J connectivity index is 1.01. The number of aromatic nitrogens is 3. The van der Waals surface area contributed by atoms with Gasteiger partial charge < -0.3 is 40.3 Å². The lowest BCUT2D eigenvalue weighted by Crippen LogP contribution is -2.50. The fraction of sp³-hybridized carbons (Fsp3) is 0.408. The first kappa shape index (κ1) is 43.7. The summed E-state index contributed by atoms with van der Waals surface area (Å²) < 4.78 is 11.0. The molecule has 62 heavy (non-hydrogen) atoms. The number of ether oxygens (including phenoxy) is 2. The fourth-order valence-corrected chi connectivity index (χ4v) is 8.31. The number of para-hydroxylation sites is 1. The Labute approximate surface area is 363 Å². The molecule has 1 aliphatic heterocycles. The van der Waals surface area contributed by atoms with Gasteiger partial charge in [0.1, 0.15) is 24.1 Å². The number of rotatable bonds is 15. The summed E-state index contributed by atoms with van der Waals surface area (Å²) in [5, 5.41) is 10.0. The molecule has 0 radical (unpaired) electrons. The van der Waals surface area contributed by atoms with Crippen molar-refractivity contribution in [2.75, 3.05) is 19.6 Å². The van der Waals surface area contributed by atoms with Gasteiger partial charge in [0.05, 0.1) is 11.5 Å². The number of carbonyl (C=O) groups excluding carboxylic acids is 4. The SMILES string of the molecule is CC(C)(C)OC(=O)[C@@H](CCCCNC(=O)OCc1ccccc1)NC(=O)C(C)(C)c1cnc(C(Cc2c[nH]c3ccccc23)NC(=O)N2CCC3(C=Cc4ccccc43)CC2)[nH]1. The van der Waals surface area contributed by atoms with Crippen LogP contribution in [0.1, 0.15) is 107 Å². The summed E-state index contributed by atoms with van der Waals surface area (Å²) in [6.45, 7) is 10.6. The van der Waals surface area contributed by atoms with Crippen LogP contribution in [0.3, 0.4) is 0 Å². The Kier molecular flexibility index (Phi) is 13.2. The molecule has 1 spiro atoms. The maximum absolute atomic E-state index is 14.1. The molecule has 4 amide bonds. The standard InChI is InChI=1S/C49H59N7O6/c1-47(2,3)62-43(57)39(21-13-14-26-50-46(60)61-32-33-15-7-6-8-16-33)53-44(58)48(4,5)41-31-52-42(55-41)40(29-35-30-51-38-20-12-10-18-36(35)38)54-45(59)56-27-24-49(25-28-56)23-22-34-17-9-11-19-37(34)49/h6-12,15-20,22-23,30-31,39-40,51H,13-14,21,24-29,32H2,1-5H3,(H,50,60)(H,52,55)(H,53,58)(H,54,59)/t39-,40?/m1/s1. The van der Waals surface area contributed by atoms with E-state index in [9.17, 15) is 19.2 Å². The lowest BCUT2D eigenvalue weighted by atomic mass is 9.74. The lowest BCUT2D eigenvalue weighted by Gasteiger charge is -2.39. The third-order valence-electron chi connectivity index (χ3n) is 12.0. The zero-order valence-corrected chi connectivity index (χ0v) is 36.4. The molecule has 1 aliphatic carbocycles. The number of unbranched alkanes of at least 4 members (excludes halogenated alkanes) is 1. The van der Waals surface area contributed by atoms with Crippen LogP contribution in [0.5, 0.6) is 0 Å². The third kappa shape index (κ3) is 10.4. The van der Waals surface area contributed by atoms with Crippen molar-refractivity contribution in [2.45, 2.75) is 108 Å². The molecule has 3 heterocycles. The first-order valence-corrected chi connectivity index (χ1v) is 21.6. The van der Waals surface area contributed by atoms with E-state index in [2.05, 4.69) is 68.4 Å². The number of hydrogen-bond donors (Lipinski definition) is 5. The minimum Gasteiger partial charge on any atom is -0.458 e. The lowest BCUT2D eigenvalue weighted by molar-refractivity contribution is -0.159. The van der Waals surface area contributed by atoms with Crippen molar-refractivity contribution < 1.29 is 28.7 Å². The first-order valence-electron chi connectivity index (χ1n) is 21.6. The molecule has 13 nitrogen and oxygen atoms in total. The maximum atomic E-state index is 14.1. The van der Waals surface area contributed by atoms with Gasteiger partial charge in [-0.25, -0.2) is 19.4 Å². The average molecular weight is 842 g/mol. The van der Waals surface area contributed by atoms with E-state index in [0.717, 1.165) is 34.9 Å². The van der Waals surface area contributed by atoms with Crippen LogP contribution in [0.25, 0.3) is 17.0 Å². The molecule has 5 N–H and O–H groups in total. The summed E-state index contributed by atoms with van der Waals surface area (Å²) in [6, 6.07) is 24.3. The molecule has 5 aromatic rings. The van der Waals surface area contributed by atoms with Crippen LogP contribution in [0, 0.1) is 0 Å². The van der Waals surface area contributed by atoms with E-state index in [4.69, 9.17) is 14.5 Å². The van der Waals surface area contributed by atoms with Gasteiger partial charge in [0.15, 0.2) is 0 Å². The summed E-state index contributed by atoms with van der Waals surface area (Å²) in [4.78, 5) is 67.3. The summed E-state index contributed by atoms with van der Waals surface area (Å²) in [6.07, 6.45) is 11.1. The van der Waals surface area contributed by atoms with E-state index >= 15 is 0 Å². The Bertz CT molecular complexity index is 2390. The van der Waals surface area contributed by atoms with Gasteiger partial charge in [-0.3, -0.25) is 4.79 Å². The van der Waals surface area contributed by atoms with Gasteiger partial charge in [0.25, 0.3) is 0 Å². The first-order chi connectivity index (χ1) is 29.7. The predicted octanol–water partition coefficient (Wildman–Crippen LogP) is 8.15. The number of aromatic amines is 2. The number of likely N-dealkylation sites (tertiary alicyclic amines) is 1. The molecule has 0 saturated carbocycles. The Hall–Kier alpha value is -6.37. The van der Waals surface area contributed by atoms with Crippen molar-refractivity contribution in [2.24, 2.45) is 0 Å². The van der Waals surface area contributed by atoms with E-state index in [1.807, 2.05) is 59.6 Å². The summed E-state index contributed by atoms with van der Waals surface area (Å²) in [7, 11) is 0. The monoisotopic (exact) mass is 841 g/mol. The van der Waals surface area contributed by atoms with Crippen molar-refractivity contribution in [1.82, 2.24) is 35.8 Å². The summed E-state index contributed by atoms with van der Waals surface area (Å²) >= 11 is 0. The molecule has 1 saturated heterocycles. The van der Waals surface area contributed by atoms with Crippen molar-refractivity contribution in [3.8, 4) is 0 Å². The number of imidazole rings is 1. The highest BCUT2D eigenvalue weighted by molar-refractivity contribution is 5.91. The number of hydrogen-bond acceptors (Lipinski definition) is 7. The number of nitrogens with one attached hydrogen (secondary N) is 5. The van der Waals surface area contributed by atoms with Crippen LogP contribution in [-0.4, -0.2) is 75.1 Å². The summed E-state index contributed by atoms with van der Waals surface area (Å²) in [5.74, 6) is -0.423. The van der Waals surface area contributed by atoms with Gasteiger partial charge in [-0.1, -0.05) is 84.9 Å². The normalized spacial score (nSPS) is 15.5. The highest BCUT2D eigenvalue weighted by Crippen LogP contribution is 2.43. The topological polar surface area (TPSA) is 171 Å². The zero-order valence-electron chi connectivity index (χ0n) is 36.4. The van der Waals surface area contributed by atoms with Crippen LogP contribution in [0.2, 0.25) is 0 Å². The quantitative estimate of drug-likeness (QED) is 0.0523. The molecule has 3 aromatic carbocycles. The van der Waals surface area contributed by atoms with E-state index in [1.165, 1.54) is 11.1 Å². The molecule has 2 aliphatic rings. The Morgan fingerprint density at radius 1 is 0.887 bits per heavy atom. The van der Waals surface area contributed by atoms with E-state index in [0.29, 0.717) is 56.8 Å². The molecule has 13 heteroatoms. The number of piperidine rings is 1. The second-order valence-electron chi connectivity index (χ2n) is 18.0. The molecular formula is C49H59N7O6. The number of allylic oxidation sites excluding steroid dienone is 1. The van der Waals surface area contributed by atoms with E-state index in [-0.39, 0.29) is 18.1 Å². The number of alkyl carbamates (subject to hydrolysis) is 1. The van der Waals surface area contributed by atoms with Crippen molar-refractivity contribution in [3.63, 3.8) is 0 Å². The van der Waals surface area contributed by atoms with Gasteiger partial charge in [-0.2, -0.15) is 0 Å². The van der Waals surface area contributed by atoms with Gasteiger partial charge in [-0.15, -0.1) is 0 Å². The fourth-order valence-electron chi connectivity index (χ4n) is 8.31. The number of amides is 4. The number of benzene rings is 3. The number of esters is 1. The van der Waals surface area contributed by atoms with Crippen LogP contribution < -0.4 is 16.0 Å². The molecule has 2 atom stereocenters. The zero-order chi connectivity index (χ0) is 43.9. The molecule has 2 aromatic heterocycles. The van der Waals surface area contributed by atoms with E-state index in [1.54, 1.807) is 40.8 Å². The number of nitrogens with zero attached hydrogens (tertiary/aromatic N) is 2. The third-order valence-corrected chi connectivity index (χ3v) is 12.0. The minimum atomic E-state index is -1.16. The maximum Gasteiger partial charge on any atom is 0.407 e. The minimum absolute atomic E-state index is 0.0584. The average Bonchev–Trinajstić information content (AvgIpc) is 4.01. The molecule has 1 unspecified atom stereocenters. The summed E-state index contributed by atoms with van der Waals surface area (Å²) in [5.41, 5.74) is 4.02. The molecule has 1 fully saturated rings. The van der Waals surface area contributed by atoms with Crippen molar-refractivity contribution >= 4 is 41.0 Å². The van der Waals surface area contributed by atoms with E-state index < -0.39 is 41.1 Å². The highest BCUT2D eigenvalue weighted by atomic mass is 16.6. The van der Waals surface area contributed by atoms with Gasteiger partial charge in [-0.05, 0) is 95.0 Å². The number of H-pyrrole nitrogens is 2. The van der Waals surface area contributed by atoms with Crippen molar-refractivity contribution in [1.29, 1.82) is 0 Å². The Morgan fingerprint density at radius 2 is 1.61 bits per heavy atom. The highest BCUT2D eigenvalue weighted by Gasteiger charge is 2.40. The largest absolute Gasteiger partial charge is 0.458 e. The molecule has 0 bridgehead atoms. The van der Waals surface area contributed by atoms with Crippen molar-refractivity contribution in [3.05, 3.63) is 131 Å². The van der Waals surface area contributed by atoms with Crippen LogP contribution in [0.15, 0.2) is 97.3 Å². The number of carbonyl (C=O) groups is 4.